The van der Waals surface area contributed by atoms with Gasteiger partial charge in [-0.2, -0.15) is 5.10 Å². The monoisotopic (exact) mass is 543 g/mol. The Morgan fingerprint density at radius 3 is 2.65 bits per heavy atom. The Kier molecular flexibility index (Phi) is 7.58. The van der Waals surface area contributed by atoms with E-state index >= 15 is 0 Å². The summed E-state index contributed by atoms with van der Waals surface area (Å²) in [5, 5.41) is 6.03. The van der Waals surface area contributed by atoms with E-state index < -0.39 is 0 Å². The number of piperazine rings is 1. The summed E-state index contributed by atoms with van der Waals surface area (Å²) in [6, 6.07) is 12.3. The zero-order valence-corrected chi connectivity index (χ0v) is 23.3. The molecule has 2 aliphatic heterocycles. The predicted octanol–water partition coefficient (Wildman–Crippen LogP) is 3.94. The van der Waals surface area contributed by atoms with E-state index in [-0.39, 0.29) is 17.5 Å². The number of benzene rings is 2. The van der Waals surface area contributed by atoms with Crippen molar-refractivity contribution in [3.63, 3.8) is 0 Å². The van der Waals surface area contributed by atoms with E-state index in [0.717, 1.165) is 73.1 Å². The Labute approximate surface area is 233 Å². The van der Waals surface area contributed by atoms with E-state index in [9.17, 15) is 9.59 Å². The molecule has 0 saturated carbocycles. The van der Waals surface area contributed by atoms with Crippen LogP contribution >= 0.6 is 0 Å². The highest BCUT2D eigenvalue weighted by Crippen LogP contribution is 2.30. The fourth-order valence-electron chi connectivity index (χ4n) is 6.18. The van der Waals surface area contributed by atoms with Crippen molar-refractivity contribution in [2.75, 3.05) is 53.0 Å². The molecule has 2 saturated heterocycles. The number of hydrogen-bond donors (Lipinski definition) is 1. The average molecular weight is 544 g/mol. The summed E-state index contributed by atoms with van der Waals surface area (Å²) in [7, 11) is 1.72. The lowest BCUT2D eigenvalue weighted by molar-refractivity contribution is 0.0635. The van der Waals surface area contributed by atoms with Gasteiger partial charge in [0.1, 0.15) is 5.75 Å². The van der Waals surface area contributed by atoms with Gasteiger partial charge in [-0.15, -0.1) is 0 Å². The number of H-pyrrole nitrogens is 1. The Morgan fingerprint density at radius 2 is 1.88 bits per heavy atom. The largest absolute Gasteiger partial charge is 0.496 e. The third-order valence-electron chi connectivity index (χ3n) is 8.45. The lowest BCUT2D eigenvalue weighted by atomic mass is 10.0. The number of carbonyl (C=O) groups is 1. The number of carbonyl (C=O) groups excluding carboxylic acids is 1. The molecule has 2 aromatic carbocycles. The van der Waals surface area contributed by atoms with E-state index in [1.165, 1.54) is 5.56 Å². The Morgan fingerprint density at radius 1 is 1.10 bits per heavy atom. The van der Waals surface area contributed by atoms with Gasteiger partial charge in [0.05, 0.1) is 35.8 Å². The molecule has 0 aliphatic carbocycles. The molecule has 9 nitrogen and oxygen atoms in total. The number of fused-ring (bicyclic) bond motifs is 3. The van der Waals surface area contributed by atoms with Crippen LogP contribution in [0, 0.1) is 6.92 Å². The van der Waals surface area contributed by atoms with Gasteiger partial charge in [0.25, 0.3) is 11.5 Å². The van der Waals surface area contributed by atoms with Crippen molar-refractivity contribution in [3.05, 3.63) is 69.6 Å². The number of para-hydroxylation sites is 1. The highest BCUT2D eigenvalue weighted by Gasteiger charge is 2.25. The Hall–Kier alpha value is -3.69. The summed E-state index contributed by atoms with van der Waals surface area (Å²) in [4.78, 5) is 34.0. The van der Waals surface area contributed by atoms with E-state index in [2.05, 4.69) is 27.1 Å². The minimum absolute atomic E-state index is 0.0459. The van der Waals surface area contributed by atoms with Crippen molar-refractivity contribution in [1.29, 1.82) is 0 Å². The molecular formula is C31H37N5O4. The summed E-state index contributed by atoms with van der Waals surface area (Å²) in [5.74, 6) is 0.991. The lowest BCUT2D eigenvalue weighted by Gasteiger charge is -2.35. The molecule has 6 rings (SSSR count). The number of ether oxygens (including phenoxy) is 2. The molecule has 0 atom stereocenters. The van der Waals surface area contributed by atoms with Crippen LogP contribution in [0.5, 0.6) is 5.75 Å². The zero-order valence-electron chi connectivity index (χ0n) is 23.3. The molecule has 0 radical (unpaired) electrons. The number of aromatic nitrogens is 3. The van der Waals surface area contributed by atoms with Crippen LogP contribution in [0.4, 0.5) is 0 Å². The highest BCUT2D eigenvalue weighted by atomic mass is 16.5. The SMILES string of the molecule is COc1ccccc1CCCN1CCN(C(=O)c2cc3c(cc2C)[nH]c(=O)c2cnn(C4CCOCC4)c23)CC1. The molecular weight excluding hydrogens is 506 g/mol. The van der Waals surface area contributed by atoms with Crippen LogP contribution in [0.1, 0.15) is 46.8 Å². The summed E-state index contributed by atoms with van der Waals surface area (Å²) < 4.78 is 13.0. The molecule has 40 heavy (non-hydrogen) atoms. The second-order valence-electron chi connectivity index (χ2n) is 10.9. The molecule has 4 aromatic rings. The molecule has 0 unspecified atom stereocenters. The first kappa shape index (κ1) is 26.5. The number of aromatic amines is 1. The van der Waals surface area contributed by atoms with E-state index in [0.29, 0.717) is 37.3 Å². The molecule has 9 heteroatoms. The maximum absolute atomic E-state index is 13.8. The molecule has 2 aliphatic rings. The van der Waals surface area contributed by atoms with Crippen molar-refractivity contribution in [2.45, 2.75) is 38.6 Å². The molecule has 0 spiro atoms. The maximum atomic E-state index is 13.8. The molecule has 1 amide bonds. The predicted molar refractivity (Wildman–Crippen MR) is 155 cm³/mol. The minimum Gasteiger partial charge on any atom is -0.496 e. The highest BCUT2D eigenvalue weighted by molar-refractivity contribution is 6.07. The quantitative estimate of drug-likeness (QED) is 0.380. The molecule has 1 N–H and O–H groups in total. The molecule has 4 heterocycles. The van der Waals surface area contributed by atoms with Crippen LogP contribution in [0.15, 0.2) is 47.4 Å². The van der Waals surface area contributed by atoms with Crippen LogP contribution in [0.2, 0.25) is 0 Å². The van der Waals surface area contributed by atoms with Crippen molar-refractivity contribution in [1.82, 2.24) is 24.6 Å². The van der Waals surface area contributed by atoms with Gasteiger partial charge in [-0.1, -0.05) is 18.2 Å². The second-order valence-corrected chi connectivity index (χ2v) is 10.9. The maximum Gasteiger partial charge on any atom is 0.259 e. The smallest absolute Gasteiger partial charge is 0.259 e. The Balaban J connectivity index is 1.18. The fourth-order valence-corrected chi connectivity index (χ4v) is 6.18. The molecule has 2 fully saturated rings. The first-order valence-electron chi connectivity index (χ1n) is 14.3. The number of aryl methyl sites for hydroxylation is 2. The van der Waals surface area contributed by atoms with Crippen LogP contribution in [-0.2, 0) is 11.2 Å². The number of pyridine rings is 1. The summed E-state index contributed by atoms with van der Waals surface area (Å²) in [6.07, 6.45) is 5.38. The van der Waals surface area contributed by atoms with Crippen LogP contribution in [-0.4, -0.2) is 83.5 Å². The fraction of sp³-hybridized carbons (Fsp3) is 0.452. The lowest BCUT2D eigenvalue weighted by Crippen LogP contribution is -2.49. The van der Waals surface area contributed by atoms with Gasteiger partial charge in [-0.3, -0.25) is 19.2 Å². The van der Waals surface area contributed by atoms with Gasteiger partial charge in [0.2, 0.25) is 0 Å². The Bertz CT molecular complexity index is 1580. The van der Waals surface area contributed by atoms with Gasteiger partial charge in [-0.05, 0) is 68.5 Å². The van der Waals surface area contributed by atoms with Crippen LogP contribution < -0.4 is 10.3 Å². The number of methoxy groups -OCH3 is 1. The summed E-state index contributed by atoms with van der Waals surface area (Å²) in [6.45, 7) is 7.43. The average Bonchev–Trinajstić information content (AvgIpc) is 3.44. The first-order valence-corrected chi connectivity index (χ1v) is 14.3. The van der Waals surface area contributed by atoms with Crippen molar-refractivity contribution < 1.29 is 14.3 Å². The number of hydrogen-bond acceptors (Lipinski definition) is 6. The number of nitrogens with one attached hydrogen (secondary N) is 1. The standard InChI is InChI=1S/C31H37N5O4/c1-21-18-27-25(29-26(30(37)33-27)20-32-36(29)23-9-16-40-17-10-23)19-24(21)31(38)35-14-12-34(13-15-35)11-5-7-22-6-3-4-8-28(22)39-2/h3-4,6,8,18-20,23H,5,7,9-17H2,1-2H3,(H,33,37). The van der Waals surface area contributed by atoms with Crippen LogP contribution in [0.3, 0.4) is 0 Å². The van der Waals surface area contributed by atoms with Gasteiger partial charge in [0.15, 0.2) is 0 Å². The van der Waals surface area contributed by atoms with Crippen molar-refractivity contribution >= 4 is 27.7 Å². The number of rotatable bonds is 7. The number of nitrogens with zero attached hydrogens (tertiary/aromatic N) is 4. The minimum atomic E-state index is -0.152. The van der Waals surface area contributed by atoms with Gasteiger partial charge in [-0.25, -0.2) is 0 Å². The van der Waals surface area contributed by atoms with Gasteiger partial charge < -0.3 is 19.4 Å². The van der Waals surface area contributed by atoms with E-state index in [1.54, 1.807) is 13.3 Å². The topological polar surface area (TPSA) is 92.7 Å². The van der Waals surface area contributed by atoms with E-state index in [1.807, 2.05) is 40.8 Å². The van der Waals surface area contributed by atoms with Crippen molar-refractivity contribution in [3.8, 4) is 5.75 Å². The molecule has 0 bridgehead atoms. The normalized spacial score (nSPS) is 17.1. The third-order valence-corrected chi connectivity index (χ3v) is 8.45. The molecule has 210 valence electrons. The summed E-state index contributed by atoms with van der Waals surface area (Å²) >= 11 is 0. The van der Waals surface area contributed by atoms with Gasteiger partial charge >= 0.3 is 0 Å². The first-order chi connectivity index (χ1) is 19.5. The molecule has 2 aromatic heterocycles. The third kappa shape index (κ3) is 5.11. The van der Waals surface area contributed by atoms with Crippen molar-refractivity contribution in [2.24, 2.45) is 0 Å². The second kappa shape index (κ2) is 11.4. The zero-order chi connectivity index (χ0) is 27.6. The number of amides is 1. The van der Waals surface area contributed by atoms with Gasteiger partial charge in [0, 0.05) is 50.3 Å². The van der Waals surface area contributed by atoms with E-state index in [4.69, 9.17) is 9.47 Å². The van der Waals surface area contributed by atoms with Crippen LogP contribution in [0.25, 0.3) is 21.8 Å². The summed E-state index contributed by atoms with van der Waals surface area (Å²) in [5.41, 5.74) is 4.18.